The summed E-state index contributed by atoms with van der Waals surface area (Å²) in [5, 5.41) is 9.14. The fourth-order valence-electron chi connectivity index (χ4n) is 2.06. The number of hydrogen-bond acceptors (Lipinski definition) is 3. The highest BCUT2D eigenvalue weighted by atomic mass is 19.4. The summed E-state index contributed by atoms with van der Waals surface area (Å²) >= 11 is 0. The highest BCUT2D eigenvalue weighted by Crippen LogP contribution is 2.32. The molecule has 0 radical (unpaired) electrons. The SMILES string of the molecule is C[C@@](O)(CC(=O)NNC(=O)C1CCCCC1)C(F)(F)F. The maximum Gasteiger partial charge on any atom is 0.417 e. The lowest BCUT2D eigenvalue weighted by Crippen LogP contribution is -2.50. The predicted molar refractivity (Wildman–Crippen MR) is 64.2 cm³/mol. The van der Waals surface area contributed by atoms with Crippen molar-refractivity contribution in [2.75, 3.05) is 0 Å². The van der Waals surface area contributed by atoms with Gasteiger partial charge in [0, 0.05) is 5.92 Å². The number of carbonyl (C=O) groups excluding carboxylic acids is 2. The molecule has 1 saturated carbocycles. The van der Waals surface area contributed by atoms with Gasteiger partial charge < -0.3 is 5.11 Å². The summed E-state index contributed by atoms with van der Waals surface area (Å²) in [4.78, 5) is 23.0. The number of nitrogens with one attached hydrogen (secondary N) is 2. The molecule has 1 fully saturated rings. The third kappa shape index (κ3) is 4.66. The van der Waals surface area contributed by atoms with E-state index < -0.39 is 30.0 Å². The summed E-state index contributed by atoms with van der Waals surface area (Å²) in [6.07, 6.45) is -1.74. The maximum absolute atomic E-state index is 12.4. The lowest BCUT2D eigenvalue weighted by atomic mass is 9.89. The first-order valence-electron chi connectivity index (χ1n) is 6.51. The molecule has 2 amide bonds. The second-order valence-electron chi connectivity index (χ2n) is 5.32. The van der Waals surface area contributed by atoms with Crippen LogP contribution in [0.2, 0.25) is 0 Å². The van der Waals surface area contributed by atoms with Crippen molar-refractivity contribution in [2.45, 2.75) is 57.2 Å². The van der Waals surface area contributed by atoms with Crippen LogP contribution in [-0.2, 0) is 9.59 Å². The number of rotatable bonds is 3. The van der Waals surface area contributed by atoms with Crippen molar-refractivity contribution in [1.82, 2.24) is 10.9 Å². The molecule has 0 aliphatic heterocycles. The van der Waals surface area contributed by atoms with Gasteiger partial charge in [0.2, 0.25) is 11.8 Å². The van der Waals surface area contributed by atoms with Gasteiger partial charge in [-0.1, -0.05) is 19.3 Å². The zero-order valence-electron chi connectivity index (χ0n) is 11.2. The van der Waals surface area contributed by atoms with Gasteiger partial charge in [0.05, 0.1) is 6.42 Å². The highest BCUT2D eigenvalue weighted by Gasteiger charge is 2.51. The molecule has 0 aromatic rings. The minimum Gasteiger partial charge on any atom is -0.380 e. The van der Waals surface area contributed by atoms with Crippen LogP contribution in [0.1, 0.15) is 45.4 Å². The van der Waals surface area contributed by atoms with Crippen LogP contribution in [0.15, 0.2) is 0 Å². The summed E-state index contributed by atoms with van der Waals surface area (Å²) in [6, 6.07) is 0. The molecule has 0 aromatic carbocycles. The van der Waals surface area contributed by atoms with Gasteiger partial charge in [-0.2, -0.15) is 13.2 Å². The van der Waals surface area contributed by atoms with Gasteiger partial charge >= 0.3 is 6.18 Å². The molecule has 20 heavy (non-hydrogen) atoms. The Kier molecular flexibility index (Phi) is 5.38. The molecule has 0 bridgehead atoms. The molecule has 3 N–H and O–H groups in total. The predicted octanol–water partition coefficient (Wildman–Crippen LogP) is 1.42. The van der Waals surface area contributed by atoms with Crippen LogP contribution in [0, 0.1) is 5.92 Å². The van der Waals surface area contributed by atoms with Gasteiger partial charge in [0.15, 0.2) is 5.60 Å². The quantitative estimate of drug-likeness (QED) is 0.689. The van der Waals surface area contributed by atoms with E-state index in [-0.39, 0.29) is 5.92 Å². The van der Waals surface area contributed by atoms with E-state index in [1.807, 2.05) is 5.43 Å². The lowest BCUT2D eigenvalue weighted by molar-refractivity contribution is -0.253. The van der Waals surface area contributed by atoms with Gasteiger partial charge in [-0.25, -0.2) is 0 Å². The maximum atomic E-state index is 12.4. The van der Waals surface area contributed by atoms with Gasteiger partial charge in [0.1, 0.15) is 0 Å². The van der Waals surface area contributed by atoms with Crippen molar-refractivity contribution in [3.63, 3.8) is 0 Å². The summed E-state index contributed by atoms with van der Waals surface area (Å²) in [5.41, 5.74) is 0.900. The second kappa shape index (κ2) is 6.43. The van der Waals surface area contributed by atoms with Crippen LogP contribution in [0.25, 0.3) is 0 Å². The van der Waals surface area contributed by atoms with Crippen molar-refractivity contribution in [2.24, 2.45) is 5.92 Å². The third-order valence-corrected chi connectivity index (χ3v) is 3.42. The molecule has 1 aliphatic rings. The van der Waals surface area contributed by atoms with Gasteiger partial charge in [-0.15, -0.1) is 0 Å². The molecule has 1 rings (SSSR count). The molecule has 0 unspecified atom stereocenters. The van der Waals surface area contributed by atoms with E-state index in [9.17, 15) is 22.8 Å². The lowest BCUT2D eigenvalue weighted by Gasteiger charge is -2.26. The Hall–Kier alpha value is -1.31. The van der Waals surface area contributed by atoms with Crippen LogP contribution in [-0.4, -0.2) is 28.7 Å². The summed E-state index contributed by atoms with van der Waals surface area (Å²) in [6.45, 7) is 0.509. The Bertz CT molecular complexity index is 363. The van der Waals surface area contributed by atoms with Crippen LogP contribution < -0.4 is 10.9 Å². The number of amides is 2. The van der Waals surface area contributed by atoms with Crippen LogP contribution in [0.4, 0.5) is 13.2 Å². The van der Waals surface area contributed by atoms with E-state index in [0.717, 1.165) is 19.3 Å². The van der Waals surface area contributed by atoms with E-state index in [2.05, 4.69) is 5.43 Å². The second-order valence-corrected chi connectivity index (χ2v) is 5.32. The number of aliphatic hydroxyl groups is 1. The Labute approximate surface area is 114 Å². The standard InChI is InChI=1S/C12H19F3N2O3/c1-11(20,12(13,14)15)7-9(18)16-17-10(19)8-5-3-2-4-6-8/h8,20H,2-7H2,1H3,(H,16,18)(H,17,19)/t11-/m1/s1. The molecular weight excluding hydrogens is 277 g/mol. The van der Waals surface area contributed by atoms with Gasteiger partial charge in [-0.3, -0.25) is 20.4 Å². The molecule has 0 spiro atoms. The average Bonchev–Trinajstić information content (AvgIpc) is 2.35. The van der Waals surface area contributed by atoms with E-state index in [1.165, 1.54) is 0 Å². The van der Waals surface area contributed by atoms with Crippen molar-refractivity contribution < 1.29 is 27.9 Å². The van der Waals surface area contributed by atoms with Crippen molar-refractivity contribution in [1.29, 1.82) is 0 Å². The van der Waals surface area contributed by atoms with Crippen molar-refractivity contribution >= 4 is 11.8 Å². The molecule has 116 valence electrons. The Morgan fingerprint density at radius 3 is 2.20 bits per heavy atom. The molecule has 0 heterocycles. The first kappa shape index (κ1) is 16.7. The fraction of sp³-hybridized carbons (Fsp3) is 0.833. The Balaban J connectivity index is 2.38. The zero-order valence-corrected chi connectivity index (χ0v) is 11.2. The van der Waals surface area contributed by atoms with E-state index in [0.29, 0.717) is 19.8 Å². The number of carbonyl (C=O) groups is 2. The summed E-state index contributed by atoms with van der Waals surface area (Å²) in [7, 11) is 0. The summed E-state index contributed by atoms with van der Waals surface area (Å²) < 4.78 is 37.1. The molecule has 8 heteroatoms. The monoisotopic (exact) mass is 296 g/mol. The van der Waals surface area contributed by atoms with Gasteiger partial charge in [0.25, 0.3) is 0 Å². The summed E-state index contributed by atoms with van der Waals surface area (Å²) in [5.74, 6) is -1.70. The largest absolute Gasteiger partial charge is 0.417 e. The molecule has 1 aliphatic carbocycles. The molecular formula is C12H19F3N2O3. The topological polar surface area (TPSA) is 78.4 Å². The minimum absolute atomic E-state index is 0.216. The van der Waals surface area contributed by atoms with Crippen LogP contribution in [0.5, 0.6) is 0 Å². The molecule has 0 aromatic heterocycles. The zero-order chi connectivity index (χ0) is 15.4. The fourth-order valence-corrected chi connectivity index (χ4v) is 2.06. The molecule has 0 saturated heterocycles. The number of hydrazine groups is 1. The number of halogens is 3. The normalized spacial score (nSPS) is 20.1. The van der Waals surface area contributed by atoms with Crippen LogP contribution >= 0.6 is 0 Å². The highest BCUT2D eigenvalue weighted by molar-refractivity contribution is 5.83. The Morgan fingerprint density at radius 1 is 1.15 bits per heavy atom. The molecule has 1 atom stereocenters. The van der Waals surface area contributed by atoms with E-state index >= 15 is 0 Å². The van der Waals surface area contributed by atoms with E-state index in [4.69, 9.17) is 5.11 Å². The molecule has 5 nitrogen and oxygen atoms in total. The van der Waals surface area contributed by atoms with E-state index in [1.54, 1.807) is 0 Å². The first-order chi connectivity index (χ1) is 9.13. The smallest absolute Gasteiger partial charge is 0.380 e. The first-order valence-corrected chi connectivity index (χ1v) is 6.51. The van der Waals surface area contributed by atoms with Crippen molar-refractivity contribution in [3.05, 3.63) is 0 Å². The minimum atomic E-state index is -4.91. The number of alkyl halides is 3. The van der Waals surface area contributed by atoms with Crippen molar-refractivity contribution in [3.8, 4) is 0 Å². The average molecular weight is 296 g/mol. The third-order valence-electron chi connectivity index (χ3n) is 3.42. The number of hydrogen-bond donors (Lipinski definition) is 3. The Morgan fingerprint density at radius 2 is 1.70 bits per heavy atom. The van der Waals surface area contributed by atoms with Gasteiger partial charge in [-0.05, 0) is 19.8 Å². The van der Waals surface area contributed by atoms with Crippen LogP contribution in [0.3, 0.4) is 0 Å².